The zero-order valence-corrected chi connectivity index (χ0v) is 50.2. The van der Waals surface area contributed by atoms with Gasteiger partial charge in [0.2, 0.25) is 5.91 Å². The SMILES string of the molecule is CO[C@@H](C)c1ncc(N2CCN3CCOC[C@@H]3C2)cc1-c1c2c3cc(ccc3n1CC(F)(F)F)-c1csc(n1)C[C@H](NC(=O)[C@H](C1CCCC1)N1CC[C@]3(CCN(C(O)[C@H]4[C@@H](C5CC5)N4C)C3)C1)C(=O)N1CCC[C@H](N1)C(=O)OCC(C)(C)C2. The number of methoxy groups -OCH3 is 1. The molecular formula is C62H84F3N11O7S. The number of hydrogen-bond donors (Lipinski definition) is 3. The molecular weight excluding hydrogens is 1100 g/mol. The van der Waals surface area contributed by atoms with Gasteiger partial charge in [-0.15, -0.1) is 11.3 Å². The Kier molecular flexibility index (Phi) is 16.0. The van der Waals surface area contributed by atoms with Crippen LogP contribution in [-0.2, 0) is 48.0 Å². The molecule has 9 aliphatic rings. The molecule has 4 aromatic rings. The third-order valence-electron chi connectivity index (χ3n) is 20.5. The third-order valence-corrected chi connectivity index (χ3v) is 21.3. The Morgan fingerprint density at radius 3 is 2.56 bits per heavy atom. The molecule has 13 rings (SSSR count). The first kappa shape index (κ1) is 58.2. The van der Waals surface area contributed by atoms with E-state index in [1.165, 1.54) is 33.8 Å². The maximum atomic E-state index is 15.3. The van der Waals surface area contributed by atoms with E-state index < -0.39 is 54.6 Å². The number of nitrogens with zero attached hydrogens (tertiary/aromatic N) is 9. The van der Waals surface area contributed by atoms with E-state index in [1.807, 2.05) is 44.4 Å². The number of anilines is 1. The van der Waals surface area contributed by atoms with Crippen molar-refractivity contribution in [2.45, 2.75) is 159 Å². The standard InChI is InChI=1S/C62H84F3N11O7S/c1-37(81-5)51-44(26-41(29-66-51)72-22-21-71-23-24-82-31-42(71)30-72)54-45-28-60(2,3)36-83-59(80)46-11-8-18-76(69-46)57(78)47(27-50-67-48(32-84-50)40-14-15-49(43(45)25-40)75(54)35-62(63,64)65)68-56(77)53(38-9-6-7-10-38)73-19-16-61(33-73)17-20-74(34-61)58(79)55-52(70(55)4)39-12-13-39/h14-15,25-26,29,32,37-39,42,46-47,52-53,55,58,69,79H,6-13,16-24,27-28,30-31,33-36H2,1-5H3,(H,68,77)/t37-,42-,46-,47-,52+,53-,55+,58?,61-,70?/m0/s1. The van der Waals surface area contributed by atoms with Gasteiger partial charge in [0, 0.05) is 105 Å². The van der Waals surface area contributed by atoms with Crippen LogP contribution < -0.4 is 15.6 Å². The normalized spacial score (nSPS) is 30.4. The van der Waals surface area contributed by atoms with E-state index in [-0.39, 0.29) is 54.7 Å². The number of carbonyl (C=O) groups excluding carboxylic acids is 3. The van der Waals surface area contributed by atoms with E-state index in [1.54, 1.807) is 19.4 Å². The Morgan fingerprint density at radius 2 is 1.79 bits per heavy atom. The predicted molar refractivity (Wildman–Crippen MR) is 313 cm³/mol. The Bertz CT molecular complexity index is 3110. The molecule has 3 N–H and O–H groups in total. The van der Waals surface area contributed by atoms with Gasteiger partial charge in [-0.1, -0.05) is 32.8 Å². The summed E-state index contributed by atoms with van der Waals surface area (Å²) in [6.07, 6.45) is 5.63. The number of carbonyl (C=O) groups is 3. The Hall–Kier alpha value is -4.78. The number of alkyl halides is 3. The van der Waals surface area contributed by atoms with Crippen molar-refractivity contribution in [2.75, 3.05) is 97.8 Å². The number of cyclic esters (lactones) is 1. The van der Waals surface area contributed by atoms with Gasteiger partial charge in [-0.25, -0.2) is 10.4 Å². The van der Waals surface area contributed by atoms with Crippen molar-refractivity contribution >= 4 is 45.7 Å². The maximum absolute atomic E-state index is 15.3. The fourth-order valence-corrected chi connectivity index (χ4v) is 16.6. The van der Waals surface area contributed by atoms with Crippen LogP contribution in [0, 0.1) is 22.7 Å². The molecule has 10 atom stereocenters. The molecule has 456 valence electrons. The first-order chi connectivity index (χ1) is 40.3. The van der Waals surface area contributed by atoms with Crippen molar-refractivity contribution in [2.24, 2.45) is 22.7 Å². The highest BCUT2D eigenvalue weighted by atomic mass is 32.1. The van der Waals surface area contributed by atoms with Crippen LogP contribution in [0.5, 0.6) is 0 Å². The zero-order valence-electron chi connectivity index (χ0n) is 49.4. The highest BCUT2D eigenvalue weighted by molar-refractivity contribution is 7.10. The Labute approximate surface area is 494 Å². The number of likely N-dealkylation sites (tertiary alicyclic amines) is 2. The molecule has 18 nitrogen and oxygen atoms in total. The number of aliphatic hydroxyl groups excluding tert-OH is 1. The molecule has 2 aliphatic carbocycles. The molecule has 3 aromatic heterocycles. The van der Waals surface area contributed by atoms with Gasteiger partial charge in [-0.2, -0.15) is 13.2 Å². The zero-order chi connectivity index (χ0) is 58.4. The second kappa shape index (κ2) is 23.1. The number of hydrogen-bond acceptors (Lipinski definition) is 16. The average Bonchev–Trinajstić information content (AvgIpc) is 1.72. The van der Waals surface area contributed by atoms with Gasteiger partial charge in [-0.3, -0.25) is 44.0 Å². The fourth-order valence-electron chi connectivity index (χ4n) is 15.8. The van der Waals surface area contributed by atoms with Crippen molar-refractivity contribution in [3.8, 4) is 22.5 Å². The van der Waals surface area contributed by atoms with Gasteiger partial charge < -0.3 is 34.1 Å². The smallest absolute Gasteiger partial charge is 0.406 e. The number of ether oxygens (including phenoxy) is 3. The topological polar surface area (TPSA) is 173 Å². The van der Waals surface area contributed by atoms with E-state index in [9.17, 15) is 9.90 Å². The van der Waals surface area contributed by atoms with Crippen LogP contribution in [-0.4, -0.2) is 204 Å². The quantitative estimate of drug-likeness (QED) is 0.102. The van der Waals surface area contributed by atoms with Crippen molar-refractivity contribution in [1.82, 2.24) is 49.9 Å². The van der Waals surface area contributed by atoms with E-state index in [2.05, 4.69) is 42.3 Å². The molecule has 1 spiro atoms. The number of fused-ring (bicyclic) bond motifs is 7. The Balaban J connectivity index is 0.842. The summed E-state index contributed by atoms with van der Waals surface area (Å²) in [5.74, 6) is -0.271. The highest BCUT2D eigenvalue weighted by Crippen LogP contribution is 2.50. The van der Waals surface area contributed by atoms with Crippen LogP contribution in [0.4, 0.5) is 18.9 Å². The lowest BCUT2D eigenvalue weighted by Gasteiger charge is -2.44. The van der Waals surface area contributed by atoms with E-state index in [0.29, 0.717) is 107 Å². The van der Waals surface area contributed by atoms with Gasteiger partial charge in [0.05, 0.1) is 78.0 Å². The number of aliphatic hydroxyl groups is 1. The summed E-state index contributed by atoms with van der Waals surface area (Å²) in [6, 6.07) is 5.92. The molecule has 1 aromatic carbocycles. The summed E-state index contributed by atoms with van der Waals surface area (Å²) in [7, 11) is 3.70. The first-order valence-electron chi connectivity index (χ1n) is 31.0. The van der Waals surface area contributed by atoms with Crippen molar-refractivity contribution < 1.29 is 46.9 Å². The molecule has 2 unspecified atom stereocenters. The molecule has 6 bridgehead atoms. The number of piperazine rings is 1. The minimum Gasteiger partial charge on any atom is -0.464 e. The summed E-state index contributed by atoms with van der Waals surface area (Å²) < 4.78 is 65.1. The summed E-state index contributed by atoms with van der Waals surface area (Å²) in [5, 5.41) is 19.5. The number of esters is 1. The number of halogens is 3. The van der Waals surface area contributed by atoms with Crippen LogP contribution in [0.15, 0.2) is 35.8 Å². The van der Waals surface area contributed by atoms with Gasteiger partial charge in [0.15, 0.2) is 0 Å². The molecule has 2 saturated carbocycles. The maximum Gasteiger partial charge on any atom is 0.406 e. The number of likely N-dealkylation sites (N-methyl/N-ethyl adjacent to an activating group) is 1. The number of rotatable bonds is 12. The number of nitrogens with one attached hydrogen (secondary N) is 2. The monoisotopic (exact) mass is 1180 g/mol. The van der Waals surface area contributed by atoms with Gasteiger partial charge >= 0.3 is 12.1 Å². The summed E-state index contributed by atoms with van der Waals surface area (Å²) >= 11 is 1.37. The number of benzene rings is 1. The molecule has 6 saturated heterocycles. The molecule has 8 fully saturated rings. The number of morpholine rings is 1. The molecule has 10 heterocycles. The van der Waals surface area contributed by atoms with Crippen LogP contribution >= 0.6 is 11.3 Å². The third kappa shape index (κ3) is 11.7. The van der Waals surface area contributed by atoms with E-state index in [4.69, 9.17) is 24.2 Å². The van der Waals surface area contributed by atoms with Crippen molar-refractivity contribution in [3.63, 3.8) is 0 Å². The molecule has 84 heavy (non-hydrogen) atoms. The van der Waals surface area contributed by atoms with Gasteiger partial charge in [-0.05, 0) is 119 Å². The van der Waals surface area contributed by atoms with Crippen LogP contribution in [0.3, 0.4) is 0 Å². The highest BCUT2D eigenvalue weighted by Gasteiger charge is 2.59. The lowest BCUT2D eigenvalue weighted by atomic mass is 9.84. The minimum atomic E-state index is -4.61. The van der Waals surface area contributed by atoms with Crippen molar-refractivity contribution in [3.05, 3.63) is 52.1 Å². The number of thiazole rings is 1. The average molecular weight is 1180 g/mol. The molecule has 0 radical (unpaired) electrons. The number of aromatic nitrogens is 3. The Morgan fingerprint density at radius 1 is 1.00 bits per heavy atom. The number of amides is 2. The summed E-state index contributed by atoms with van der Waals surface area (Å²) in [5.41, 5.74) is 6.84. The summed E-state index contributed by atoms with van der Waals surface area (Å²) in [4.78, 5) is 66.5. The van der Waals surface area contributed by atoms with Gasteiger partial charge in [0.1, 0.15) is 24.9 Å². The van der Waals surface area contributed by atoms with Gasteiger partial charge in [0.25, 0.3) is 5.91 Å². The lowest BCUT2D eigenvalue weighted by Crippen LogP contribution is -2.62. The second-order valence-electron chi connectivity index (χ2n) is 27.0. The molecule has 22 heteroatoms. The first-order valence-corrected chi connectivity index (χ1v) is 31.9. The van der Waals surface area contributed by atoms with E-state index in [0.717, 1.165) is 83.5 Å². The van der Waals surface area contributed by atoms with E-state index >= 15 is 22.8 Å². The second-order valence-corrected chi connectivity index (χ2v) is 27.9. The minimum absolute atomic E-state index is 0.0364. The predicted octanol–water partition coefficient (Wildman–Crippen LogP) is 6.63. The summed E-state index contributed by atoms with van der Waals surface area (Å²) in [6.45, 7) is 12.2. The van der Waals surface area contributed by atoms with Crippen molar-refractivity contribution in [1.29, 1.82) is 0 Å². The van der Waals surface area contributed by atoms with Crippen LogP contribution in [0.25, 0.3) is 33.4 Å². The van der Waals surface area contributed by atoms with Crippen LogP contribution in [0.2, 0.25) is 0 Å². The fraction of sp³-hybridized carbons (Fsp3) is 0.694. The lowest BCUT2D eigenvalue weighted by molar-refractivity contribution is -0.155. The van der Waals surface area contributed by atoms with Crippen LogP contribution in [0.1, 0.15) is 107 Å². The number of pyridine rings is 1. The molecule has 7 aliphatic heterocycles. The number of hydrazine groups is 1. The molecule has 2 amide bonds. The largest absolute Gasteiger partial charge is 0.464 e.